The fourth-order valence-corrected chi connectivity index (χ4v) is 2.01. The molecule has 4 heteroatoms. The summed E-state index contributed by atoms with van der Waals surface area (Å²) in [6.07, 6.45) is 5.44. The van der Waals surface area contributed by atoms with Crippen LogP contribution in [-0.4, -0.2) is 43.1 Å². The average molecular weight is 226 g/mol. The van der Waals surface area contributed by atoms with Crippen LogP contribution >= 0.6 is 0 Å². The molecule has 1 aliphatic heterocycles. The van der Waals surface area contributed by atoms with E-state index in [1.165, 1.54) is 38.8 Å². The number of hydrogen-bond donors (Lipinski definition) is 2. The van der Waals surface area contributed by atoms with Crippen LogP contribution in [0.3, 0.4) is 0 Å². The molecule has 0 aromatic carbocycles. The maximum Gasteiger partial charge on any atom is 0.188 e. The van der Waals surface area contributed by atoms with Crippen molar-refractivity contribution in [3.8, 4) is 0 Å². The number of nitrogens with zero attached hydrogens (tertiary/aromatic N) is 2. The lowest BCUT2D eigenvalue weighted by molar-refractivity contribution is 0.293. The van der Waals surface area contributed by atoms with Gasteiger partial charge in [-0.3, -0.25) is 4.99 Å². The number of nitrogens with two attached hydrogens (primary N) is 1. The standard InChI is InChI=1S/C12H26N4/c1-11(2)15-12(13)14-7-10-16-8-5-3-4-6-9-16/h11H,3-10H2,1-2H3,(H3,13,14,15). The van der Waals surface area contributed by atoms with Crippen molar-refractivity contribution >= 4 is 5.96 Å². The van der Waals surface area contributed by atoms with E-state index in [4.69, 9.17) is 5.73 Å². The van der Waals surface area contributed by atoms with Crippen LogP contribution in [0.15, 0.2) is 4.99 Å². The van der Waals surface area contributed by atoms with Crippen molar-refractivity contribution in [2.24, 2.45) is 10.7 Å². The zero-order valence-electron chi connectivity index (χ0n) is 10.7. The minimum absolute atomic E-state index is 0.363. The first-order valence-corrected chi connectivity index (χ1v) is 6.47. The van der Waals surface area contributed by atoms with Crippen LogP contribution in [0.2, 0.25) is 0 Å². The molecule has 94 valence electrons. The third kappa shape index (κ3) is 5.95. The second-order valence-electron chi connectivity index (χ2n) is 4.82. The highest BCUT2D eigenvalue weighted by Crippen LogP contribution is 2.08. The molecule has 1 saturated heterocycles. The van der Waals surface area contributed by atoms with Crippen molar-refractivity contribution in [3.63, 3.8) is 0 Å². The normalized spacial score (nSPS) is 19.8. The van der Waals surface area contributed by atoms with Crippen molar-refractivity contribution in [2.75, 3.05) is 26.2 Å². The van der Waals surface area contributed by atoms with E-state index >= 15 is 0 Å². The topological polar surface area (TPSA) is 53.6 Å². The molecule has 1 rings (SSSR count). The van der Waals surface area contributed by atoms with Gasteiger partial charge in [-0.1, -0.05) is 12.8 Å². The molecule has 16 heavy (non-hydrogen) atoms. The first-order valence-electron chi connectivity index (χ1n) is 6.47. The first-order chi connectivity index (χ1) is 7.68. The first kappa shape index (κ1) is 13.3. The van der Waals surface area contributed by atoms with Gasteiger partial charge in [0.15, 0.2) is 5.96 Å². The van der Waals surface area contributed by atoms with Crippen LogP contribution in [0.25, 0.3) is 0 Å². The van der Waals surface area contributed by atoms with Crippen molar-refractivity contribution in [1.29, 1.82) is 0 Å². The average Bonchev–Trinajstić information content (AvgIpc) is 2.45. The summed E-state index contributed by atoms with van der Waals surface area (Å²) in [5.74, 6) is 0.574. The van der Waals surface area contributed by atoms with E-state index in [-0.39, 0.29) is 0 Å². The second-order valence-corrected chi connectivity index (χ2v) is 4.82. The van der Waals surface area contributed by atoms with E-state index in [0.717, 1.165) is 13.1 Å². The maximum absolute atomic E-state index is 5.74. The minimum atomic E-state index is 0.363. The maximum atomic E-state index is 5.74. The molecule has 0 aliphatic carbocycles. The molecule has 0 atom stereocenters. The van der Waals surface area contributed by atoms with Crippen LogP contribution < -0.4 is 11.1 Å². The van der Waals surface area contributed by atoms with Crippen molar-refractivity contribution in [2.45, 2.75) is 45.6 Å². The molecule has 1 aliphatic rings. The number of nitrogens with one attached hydrogen (secondary N) is 1. The lowest BCUT2D eigenvalue weighted by Crippen LogP contribution is -2.37. The van der Waals surface area contributed by atoms with Crippen molar-refractivity contribution in [1.82, 2.24) is 10.2 Å². The summed E-state index contributed by atoms with van der Waals surface area (Å²) in [6, 6.07) is 0.363. The molecule has 1 fully saturated rings. The van der Waals surface area contributed by atoms with Crippen LogP contribution in [0, 0.1) is 0 Å². The molecule has 1 heterocycles. The summed E-state index contributed by atoms with van der Waals surface area (Å²) in [6.45, 7) is 8.44. The van der Waals surface area contributed by atoms with Crippen molar-refractivity contribution < 1.29 is 0 Å². The summed E-state index contributed by atoms with van der Waals surface area (Å²) in [7, 11) is 0. The van der Waals surface area contributed by atoms with Crippen LogP contribution in [0.1, 0.15) is 39.5 Å². The van der Waals surface area contributed by atoms with Gasteiger partial charge in [-0.2, -0.15) is 0 Å². The predicted molar refractivity (Wildman–Crippen MR) is 69.7 cm³/mol. The molecule has 0 saturated carbocycles. The fraction of sp³-hybridized carbons (Fsp3) is 0.917. The smallest absolute Gasteiger partial charge is 0.188 e. The Hall–Kier alpha value is -0.770. The molecule has 0 amide bonds. The number of likely N-dealkylation sites (tertiary alicyclic amines) is 1. The molecular weight excluding hydrogens is 200 g/mol. The highest BCUT2D eigenvalue weighted by Gasteiger charge is 2.07. The molecule has 0 radical (unpaired) electrons. The lowest BCUT2D eigenvalue weighted by Gasteiger charge is -2.18. The summed E-state index contributed by atoms with van der Waals surface area (Å²) in [5, 5.41) is 3.10. The molecule has 4 nitrogen and oxygen atoms in total. The van der Waals surface area contributed by atoms with Gasteiger partial charge in [0.1, 0.15) is 0 Å². The molecular formula is C12H26N4. The quantitative estimate of drug-likeness (QED) is 0.559. The molecule has 0 spiro atoms. The molecule has 0 aromatic rings. The van der Waals surface area contributed by atoms with Crippen LogP contribution in [0.5, 0.6) is 0 Å². The third-order valence-electron chi connectivity index (χ3n) is 2.83. The highest BCUT2D eigenvalue weighted by atomic mass is 15.2. The Morgan fingerprint density at radius 3 is 2.44 bits per heavy atom. The fourth-order valence-electron chi connectivity index (χ4n) is 2.01. The van der Waals surface area contributed by atoms with Crippen LogP contribution in [0.4, 0.5) is 0 Å². The molecule has 0 unspecified atom stereocenters. The SMILES string of the molecule is CC(C)NC(N)=NCCN1CCCCCC1. The molecule has 0 bridgehead atoms. The van der Waals surface area contributed by atoms with Gasteiger partial charge in [0.25, 0.3) is 0 Å². The van der Waals surface area contributed by atoms with E-state index in [9.17, 15) is 0 Å². The van der Waals surface area contributed by atoms with Gasteiger partial charge < -0.3 is 16.0 Å². The second kappa shape index (κ2) is 7.49. The van der Waals surface area contributed by atoms with Gasteiger partial charge in [-0.25, -0.2) is 0 Å². The largest absolute Gasteiger partial charge is 0.370 e. The van der Waals surface area contributed by atoms with Crippen LogP contribution in [-0.2, 0) is 0 Å². The van der Waals surface area contributed by atoms with Crippen molar-refractivity contribution in [3.05, 3.63) is 0 Å². The Bertz CT molecular complexity index is 205. The van der Waals surface area contributed by atoms with Gasteiger partial charge in [-0.15, -0.1) is 0 Å². The van der Waals surface area contributed by atoms with E-state index < -0.39 is 0 Å². The van der Waals surface area contributed by atoms with Gasteiger partial charge in [0.2, 0.25) is 0 Å². The van der Waals surface area contributed by atoms with Gasteiger partial charge >= 0.3 is 0 Å². The number of aliphatic imine (C=N–C) groups is 1. The highest BCUT2D eigenvalue weighted by molar-refractivity contribution is 5.78. The van der Waals surface area contributed by atoms with E-state index in [1.807, 2.05) is 0 Å². The third-order valence-corrected chi connectivity index (χ3v) is 2.83. The Morgan fingerprint density at radius 2 is 1.88 bits per heavy atom. The zero-order valence-corrected chi connectivity index (χ0v) is 10.7. The monoisotopic (exact) mass is 226 g/mol. The molecule has 3 N–H and O–H groups in total. The lowest BCUT2D eigenvalue weighted by atomic mass is 10.2. The summed E-state index contributed by atoms with van der Waals surface area (Å²) in [5.41, 5.74) is 5.74. The Morgan fingerprint density at radius 1 is 1.25 bits per heavy atom. The Labute approximate surface area is 99.3 Å². The predicted octanol–water partition coefficient (Wildman–Crippen LogP) is 1.18. The van der Waals surface area contributed by atoms with E-state index in [2.05, 4.69) is 29.1 Å². The summed E-state index contributed by atoms with van der Waals surface area (Å²) in [4.78, 5) is 6.83. The Balaban J connectivity index is 2.17. The van der Waals surface area contributed by atoms with E-state index in [0.29, 0.717) is 12.0 Å². The van der Waals surface area contributed by atoms with E-state index in [1.54, 1.807) is 0 Å². The zero-order chi connectivity index (χ0) is 11.8. The summed E-state index contributed by atoms with van der Waals surface area (Å²) >= 11 is 0. The minimum Gasteiger partial charge on any atom is -0.370 e. The van der Waals surface area contributed by atoms with Gasteiger partial charge in [0, 0.05) is 12.6 Å². The van der Waals surface area contributed by atoms with Gasteiger partial charge in [0.05, 0.1) is 6.54 Å². The number of guanidine groups is 1. The number of hydrogen-bond acceptors (Lipinski definition) is 2. The van der Waals surface area contributed by atoms with Gasteiger partial charge in [-0.05, 0) is 39.8 Å². The molecule has 0 aromatic heterocycles. The number of rotatable bonds is 4. The summed E-state index contributed by atoms with van der Waals surface area (Å²) < 4.78 is 0. The Kier molecular flexibility index (Phi) is 6.23.